The standard InChI is InChI=1S/C20H17N3O5/c1-13(28-18-8-6-14-4-2-3-5-15(14)11-18)20(25)22-21-12-16-10-17(23(26)27)7-9-19(16)24/h2-13,24H,1H3,(H,22,25)/p-1/t13-/m1/s1. The van der Waals surface area contributed by atoms with Gasteiger partial charge in [-0.05, 0) is 35.4 Å². The highest BCUT2D eigenvalue weighted by Crippen LogP contribution is 2.21. The minimum absolute atomic E-state index is 0.00222. The van der Waals surface area contributed by atoms with E-state index in [4.69, 9.17) is 4.74 Å². The molecule has 28 heavy (non-hydrogen) atoms. The topological polar surface area (TPSA) is 117 Å². The fourth-order valence-corrected chi connectivity index (χ4v) is 2.51. The number of carbonyl (C=O) groups excluding carboxylic acids is 1. The lowest BCUT2D eigenvalue weighted by atomic mass is 10.1. The van der Waals surface area contributed by atoms with Crippen molar-refractivity contribution in [3.8, 4) is 11.5 Å². The second-order valence-electron chi connectivity index (χ2n) is 5.98. The summed E-state index contributed by atoms with van der Waals surface area (Å²) in [6.45, 7) is 1.56. The number of nitro groups is 1. The fraction of sp³-hybridized carbons (Fsp3) is 0.100. The highest BCUT2D eigenvalue weighted by Gasteiger charge is 2.14. The second kappa shape index (κ2) is 8.17. The number of benzene rings is 3. The highest BCUT2D eigenvalue weighted by molar-refractivity contribution is 5.87. The van der Waals surface area contributed by atoms with Crippen LogP contribution < -0.4 is 15.3 Å². The molecular weight excluding hydrogens is 362 g/mol. The van der Waals surface area contributed by atoms with Crippen LogP contribution in [-0.2, 0) is 4.79 Å². The molecule has 0 saturated carbocycles. The number of hydrogen-bond donors (Lipinski definition) is 1. The van der Waals surface area contributed by atoms with Crippen LogP contribution in [0.25, 0.3) is 10.8 Å². The average Bonchev–Trinajstić information content (AvgIpc) is 2.69. The maximum Gasteiger partial charge on any atom is 0.280 e. The number of ether oxygens (including phenoxy) is 1. The van der Waals surface area contributed by atoms with Crippen molar-refractivity contribution < 1.29 is 19.6 Å². The van der Waals surface area contributed by atoms with Crippen molar-refractivity contribution in [3.63, 3.8) is 0 Å². The molecule has 8 heteroatoms. The molecule has 0 heterocycles. The Morgan fingerprint density at radius 1 is 1.14 bits per heavy atom. The third-order valence-corrected chi connectivity index (χ3v) is 3.99. The van der Waals surface area contributed by atoms with E-state index in [1.807, 2.05) is 36.4 Å². The van der Waals surface area contributed by atoms with E-state index in [1.54, 1.807) is 13.0 Å². The number of nitrogens with zero attached hydrogens (tertiary/aromatic N) is 2. The molecule has 0 unspecified atom stereocenters. The molecule has 0 saturated heterocycles. The van der Waals surface area contributed by atoms with E-state index < -0.39 is 22.7 Å². The predicted octanol–water partition coefficient (Wildman–Crippen LogP) is 2.74. The monoisotopic (exact) mass is 378 g/mol. The smallest absolute Gasteiger partial charge is 0.280 e. The van der Waals surface area contributed by atoms with E-state index in [0.717, 1.165) is 35.2 Å². The zero-order chi connectivity index (χ0) is 20.1. The Morgan fingerprint density at radius 3 is 2.64 bits per heavy atom. The normalized spacial score (nSPS) is 12.0. The van der Waals surface area contributed by atoms with E-state index >= 15 is 0 Å². The van der Waals surface area contributed by atoms with E-state index in [1.165, 1.54) is 0 Å². The third kappa shape index (κ3) is 4.42. The molecule has 3 rings (SSSR count). The largest absolute Gasteiger partial charge is 0.872 e. The van der Waals surface area contributed by atoms with Crippen LogP contribution in [0.2, 0.25) is 0 Å². The van der Waals surface area contributed by atoms with Gasteiger partial charge < -0.3 is 9.84 Å². The van der Waals surface area contributed by atoms with Crippen LogP contribution in [0.15, 0.2) is 65.8 Å². The van der Waals surface area contributed by atoms with E-state index in [2.05, 4.69) is 10.5 Å². The summed E-state index contributed by atoms with van der Waals surface area (Å²) in [5.41, 5.74) is 2.02. The Hall–Kier alpha value is -3.94. The van der Waals surface area contributed by atoms with Gasteiger partial charge in [0.2, 0.25) is 0 Å². The van der Waals surface area contributed by atoms with Crippen molar-refractivity contribution in [1.29, 1.82) is 0 Å². The summed E-state index contributed by atoms with van der Waals surface area (Å²) in [6.07, 6.45) is 0.228. The quantitative estimate of drug-likeness (QED) is 0.402. The fourth-order valence-electron chi connectivity index (χ4n) is 2.51. The number of hydrazone groups is 1. The van der Waals surface area contributed by atoms with Gasteiger partial charge in [-0.15, -0.1) is 0 Å². The molecule has 0 aliphatic rings. The summed E-state index contributed by atoms with van der Waals surface area (Å²) in [4.78, 5) is 22.3. The minimum atomic E-state index is -0.838. The van der Waals surface area contributed by atoms with Crippen LogP contribution in [-0.4, -0.2) is 23.1 Å². The maximum atomic E-state index is 12.1. The van der Waals surface area contributed by atoms with Crippen molar-refractivity contribution in [1.82, 2.24) is 5.43 Å². The summed E-state index contributed by atoms with van der Waals surface area (Å²) >= 11 is 0. The Morgan fingerprint density at radius 2 is 1.89 bits per heavy atom. The number of nitrogens with one attached hydrogen (secondary N) is 1. The molecule has 0 radical (unpaired) electrons. The molecule has 0 aliphatic heterocycles. The Kier molecular flexibility index (Phi) is 5.50. The molecule has 8 nitrogen and oxygen atoms in total. The van der Waals surface area contributed by atoms with Crippen molar-refractivity contribution >= 4 is 28.6 Å². The van der Waals surface area contributed by atoms with Crippen molar-refractivity contribution in [2.24, 2.45) is 5.10 Å². The van der Waals surface area contributed by atoms with Crippen molar-refractivity contribution in [3.05, 3.63) is 76.3 Å². The number of amides is 1. The number of non-ortho nitro benzene ring substituents is 1. The molecular formula is C20H16N3O5-. The van der Waals surface area contributed by atoms with Crippen LogP contribution in [0.4, 0.5) is 5.69 Å². The molecule has 3 aromatic carbocycles. The molecule has 1 N–H and O–H groups in total. The van der Waals surface area contributed by atoms with Gasteiger partial charge in [0.05, 0.1) is 11.1 Å². The lowest BCUT2D eigenvalue weighted by Gasteiger charge is -2.13. The molecule has 0 aromatic heterocycles. The van der Waals surface area contributed by atoms with Gasteiger partial charge in [0, 0.05) is 12.1 Å². The number of fused-ring (bicyclic) bond motifs is 1. The van der Waals surface area contributed by atoms with Crippen LogP contribution in [0, 0.1) is 10.1 Å². The van der Waals surface area contributed by atoms with Crippen LogP contribution in [0.3, 0.4) is 0 Å². The number of rotatable bonds is 6. The molecule has 0 spiro atoms. The van der Waals surface area contributed by atoms with Crippen molar-refractivity contribution in [2.45, 2.75) is 13.0 Å². The lowest BCUT2D eigenvalue weighted by molar-refractivity contribution is -0.385. The predicted molar refractivity (Wildman–Crippen MR) is 102 cm³/mol. The van der Waals surface area contributed by atoms with Gasteiger partial charge in [-0.2, -0.15) is 5.10 Å². The summed E-state index contributed by atoms with van der Waals surface area (Å²) in [5, 5.41) is 28.2. The summed E-state index contributed by atoms with van der Waals surface area (Å²) in [5.74, 6) is -0.433. The zero-order valence-corrected chi connectivity index (χ0v) is 14.9. The van der Waals surface area contributed by atoms with E-state index in [0.29, 0.717) is 5.75 Å². The molecule has 0 fully saturated rings. The van der Waals surface area contributed by atoms with Crippen LogP contribution >= 0.6 is 0 Å². The first-order valence-electron chi connectivity index (χ1n) is 8.38. The van der Waals surface area contributed by atoms with Crippen molar-refractivity contribution in [2.75, 3.05) is 0 Å². The summed E-state index contributed by atoms with van der Waals surface area (Å²) in [7, 11) is 0. The van der Waals surface area contributed by atoms with Gasteiger partial charge in [-0.25, -0.2) is 5.43 Å². The minimum Gasteiger partial charge on any atom is -0.872 e. The first kappa shape index (κ1) is 18.8. The molecule has 0 bridgehead atoms. The summed E-state index contributed by atoms with van der Waals surface area (Å²) in [6, 6.07) is 16.5. The van der Waals surface area contributed by atoms with Gasteiger partial charge in [-0.1, -0.05) is 42.1 Å². The first-order chi connectivity index (χ1) is 13.4. The zero-order valence-electron chi connectivity index (χ0n) is 14.9. The van der Waals surface area contributed by atoms with Crippen LogP contribution in [0.1, 0.15) is 12.5 Å². The van der Waals surface area contributed by atoms with E-state index in [-0.39, 0.29) is 11.3 Å². The Balaban J connectivity index is 1.63. The van der Waals surface area contributed by atoms with Gasteiger partial charge >= 0.3 is 0 Å². The van der Waals surface area contributed by atoms with Gasteiger partial charge in [0.15, 0.2) is 6.10 Å². The lowest BCUT2D eigenvalue weighted by Crippen LogP contribution is -2.33. The average molecular weight is 378 g/mol. The molecule has 142 valence electrons. The summed E-state index contributed by atoms with van der Waals surface area (Å²) < 4.78 is 5.62. The third-order valence-electron chi connectivity index (χ3n) is 3.99. The SMILES string of the molecule is C[C@@H](Oc1ccc2ccccc2c1)C(=O)NN=Cc1cc([N+](=O)[O-])ccc1[O-]. The number of hydrogen-bond acceptors (Lipinski definition) is 6. The van der Waals surface area contributed by atoms with Gasteiger partial charge in [-0.3, -0.25) is 14.9 Å². The molecule has 1 amide bonds. The number of nitro benzene ring substituents is 1. The Bertz CT molecular complexity index is 1060. The number of carbonyl (C=O) groups is 1. The van der Waals surface area contributed by atoms with E-state index in [9.17, 15) is 20.0 Å². The van der Waals surface area contributed by atoms with Gasteiger partial charge in [0.25, 0.3) is 11.6 Å². The molecule has 1 atom stereocenters. The Labute approximate surface area is 160 Å². The van der Waals surface area contributed by atoms with Crippen LogP contribution in [0.5, 0.6) is 11.5 Å². The first-order valence-corrected chi connectivity index (χ1v) is 8.38. The molecule has 3 aromatic rings. The molecule has 0 aliphatic carbocycles. The second-order valence-corrected chi connectivity index (χ2v) is 5.98. The maximum absolute atomic E-state index is 12.1. The highest BCUT2D eigenvalue weighted by atomic mass is 16.6. The van der Waals surface area contributed by atoms with Gasteiger partial charge in [0.1, 0.15) is 5.75 Å².